The zero-order valence-electron chi connectivity index (χ0n) is 22.6. The van der Waals surface area contributed by atoms with Gasteiger partial charge < -0.3 is 4.57 Å². The summed E-state index contributed by atoms with van der Waals surface area (Å²) in [4.78, 5) is 12.8. The van der Waals surface area contributed by atoms with Crippen LogP contribution in [0.1, 0.15) is 33.6 Å². The van der Waals surface area contributed by atoms with Gasteiger partial charge in [0.2, 0.25) is 0 Å². The van der Waals surface area contributed by atoms with Crippen LogP contribution >= 0.6 is 0 Å². The molecule has 1 heterocycles. The number of para-hydroxylation sites is 1. The molecule has 1 N–H and O–H groups in total. The first-order valence-electron chi connectivity index (χ1n) is 12.4. The first-order chi connectivity index (χ1) is 18.5. The number of benzene rings is 3. The lowest BCUT2D eigenvalue weighted by molar-refractivity contribution is -0.119. The molecule has 0 aliphatic heterocycles. The molecule has 4 aromatic rings. The molecular weight excluding hydrogens is 515 g/mol. The van der Waals surface area contributed by atoms with Crippen LogP contribution in [0, 0.1) is 40.4 Å². The first kappa shape index (κ1) is 27.8. The van der Waals surface area contributed by atoms with Crippen LogP contribution in [0.3, 0.4) is 0 Å². The smallest absolute Gasteiger partial charge is 0.264 e. The van der Waals surface area contributed by atoms with Gasteiger partial charge in [0.1, 0.15) is 12.4 Å². The SMILES string of the molecule is Cc1ccc(N(CC(=O)N/N=C/c2cc(C)n(-c3c(C)cccc3C)c2C)S(=O)(=O)c2ccc(F)cc2)cc1. The van der Waals surface area contributed by atoms with E-state index in [0.29, 0.717) is 5.69 Å². The molecule has 0 fully saturated rings. The standard InChI is InChI=1S/C30H31FN4O3S/c1-20-9-13-27(14-10-20)34(39(37,38)28-15-11-26(31)12-16-28)19-29(36)33-32-18-25-17-23(4)35(24(25)5)30-21(2)7-6-8-22(30)3/h6-18H,19H2,1-5H3,(H,33,36)/b32-18+. The third-order valence-corrected chi connectivity index (χ3v) is 8.33. The van der Waals surface area contributed by atoms with Crippen LogP contribution in [0.2, 0.25) is 0 Å². The van der Waals surface area contributed by atoms with Crippen LogP contribution in [-0.4, -0.2) is 31.7 Å². The fraction of sp³-hybridized carbons (Fsp3) is 0.200. The number of halogens is 1. The predicted octanol–water partition coefficient (Wildman–Crippen LogP) is 5.50. The van der Waals surface area contributed by atoms with E-state index in [1.54, 1.807) is 30.5 Å². The maximum absolute atomic E-state index is 13.4. The minimum atomic E-state index is -4.15. The number of sulfonamides is 1. The molecule has 0 bridgehead atoms. The molecule has 0 atom stereocenters. The molecule has 0 spiro atoms. The Morgan fingerprint density at radius 3 is 2.18 bits per heavy atom. The third-order valence-electron chi connectivity index (χ3n) is 6.54. The van der Waals surface area contributed by atoms with Gasteiger partial charge in [0.15, 0.2) is 0 Å². The van der Waals surface area contributed by atoms with Crippen molar-refractivity contribution in [3.05, 3.63) is 112 Å². The van der Waals surface area contributed by atoms with Crippen molar-refractivity contribution in [1.29, 1.82) is 0 Å². The Balaban J connectivity index is 1.57. The Morgan fingerprint density at radius 2 is 1.56 bits per heavy atom. The highest BCUT2D eigenvalue weighted by Gasteiger charge is 2.27. The van der Waals surface area contributed by atoms with Gasteiger partial charge in [-0.3, -0.25) is 9.10 Å². The number of hydrazone groups is 1. The molecule has 0 saturated carbocycles. The number of nitrogens with one attached hydrogen (secondary N) is 1. The van der Waals surface area contributed by atoms with Crippen LogP contribution in [0.4, 0.5) is 10.1 Å². The normalized spacial score (nSPS) is 11.6. The quantitative estimate of drug-likeness (QED) is 0.234. The molecule has 1 aromatic heterocycles. The number of hydrogen-bond donors (Lipinski definition) is 1. The Kier molecular flexibility index (Phi) is 8.01. The summed E-state index contributed by atoms with van der Waals surface area (Å²) in [6.45, 7) is 9.48. The van der Waals surface area contributed by atoms with Crippen molar-refractivity contribution in [2.45, 2.75) is 39.5 Å². The van der Waals surface area contributed by atoms with Crippen LogP contribution in [0.25, 0.3) is 5.69 Å². The number of nitrogens with zero attached hydrogens (tertiary/aromatic N) is 3. The molecule has 0 unspecified atom stereocenters. The van der Waals surface area contributed by atoms with E-state index in [-0.39, 0.29) is 4.90 Å². The van der Waals surface area contributed by atoms with E-state index < -0.39 is 28.3 Å². The van der Waals surface area contributed by atoms with Crippen molar-refractivity contribution in [3.8, 4) is 5.69 Å². The average Bonchev–Trinajstić information content (AvgIpc) is 3.16. The Bertz CT molecular complexity index is 1620. The second-order valence-corrected chi connectivity index (χ2v) is 11.4. The topological polar surface area (TPSA) is 83.8 Å². The molecule has 39 heavy (non-hydrogen) atoms. The van der Waals surface area contributed by atoms with Crippen LogP contribution in [0.15, 0.2) is 82.8 Å². The first-order valence-corrected chi connectivity index (χ1v) is 13.9. The van der Waals surface area contributed by atoms with Crippen molar-refractivity contribution in [3.63, 3.8) is 0 Å². The molecule has 3 aromatic carbocycles. The Morgan fingerprint density at radius 1 is 0.949 bits per heavy atom. The van der Waals surface area contributed by atoms with E-state index in [1.807, 2.05) is 32.9 Å². The Hall–Kier alpha value is -4.24. The molecule has 0 radical (unpaired) electrons. The number of aryl methyl sites for hydroxylation is 4. The third kappa shape index (κ3) is 5.93. The Labute approximate surface area is 228 Å². The minimum Gasteiger partial charge on any atom is -0.317 e. The van der Waals surface area contributed by atoms with E-state index in [0.717, 1.165) is 55.8 Å². The number of aromatic nitrogens is 1. The molecule has 0 aliphatic rings. The predicted molar refractivity (Wildman–Crippen MR) is 153 cm³/mol. The lowest BCUT2D eigenvalue weighted by atomic mass is 10.1. The van der Waals surface area contributed by atoms with Crippen molar-refractivity contribution >= 4 is 27.8 Å². The highest BCUT2D eigenvalue weighted by atomic mass is 32.2. The summed E-state index contributed by atoms with van der Waals surface area (Å²) in [5.41, 5.74) is 9.90. The molecule has 7 nitrogen and oxygen atoms in total. The second-order valence-electron chi connectivity index (χ2n) is 9.50. The maximum Gasteiger partial charge on any atom is 0.264 e. The molecule has 0 aliphatic carbocycles. The van der Waals surface area contributed by atoms with Crippen molar-refractivity contribution < 1.29 is 17.6 Å². The summed E-state index contributed by atoms with van der Waals surface area (Å²) in [5, 5.41) is 4.11. The van der Waals surface area contributed by atoms with Crippen molar-refractivity contribution in [1.82, 2.24) is 9.99 Å². The minimum absolute atomic E-state index is 0.125. The van der Waals surface area contributed by atoms with Crippen molar-refractivity contribution in [2.24, 2.45) is 5.10 Å². The number of carbonyl (C=O) groups is 1. The van der Waals surface area contributed by atoms with Gasteiger partial charge in [-0.15, -0.1) is 0 Å². The van der Waals surface area contributed by atoms with Crippen LogP contribution < -0.4 is 9.73 Å². The zero-order valence-corrected chi connectivity index (χ0v) is 23.4. The van der Waals surface area contributed by atoms with E-state index in [4.69, 9.17) is 0 Å². The van der Waals surface area contributed by atoms with Gasteiger partial charge in [0, 0.05) is 17.0 Å². The van der Waals surface area contributed by atoms with Crippen LogP contribution in [-0.2, 0) is 14.8 Å². The molecule has 4 rings (SSSR count). The van der Waals surface area contributed by atoms with E-state index in [9.17, 15) is 17.6 Å². The van der Waals surface area contributed by atoms with Gasteiger partial charge in [-0.05, 0) is 88.2 Å². The summed E-state index contributed by atoms with van der Waals surface area (Å²) in [7, 11) is -4.15. The highest BCUT2D eigenvalue weighted by molar-refractivity contribution is 7.92. The summed E-state index contributed by atoms with van der Waals surface area (Å²) in [6, 6.07) is 19.4. The van der Waals surface area contributed by atoms with Gasteiger partial charge in [0.05, 0.1) is 22.5 Å². The number of anilines is 1. The van der Waals surface area contributed by atoms with Gasteiger partial charge in [-0.2, -0.15) is 5.10 Å². The summed E-state index contributed by atoms with van der Waals surface area (Å²) >= 11 is 0. The maximum atomic E-state index is 13.4. The summed E-state index contributed by atoms with van der Waals surface area (Å²) in [6.07, 6.45) is 1.55. The van der Waals surface area contributed by atoms with E-state index in [1.165, 1.54) is 12.1 Å². The molecule has 0 saturated heterocycles. The number of amides is 1. The van der Waals surface area contributed by atoms with Crippen LogP contribution in [0.5, 0.6) is 0 Å². The monoisotopic (exact) mass is 546 g/mol. The second kappa shape index (κ2) is 11.2. The van der Waals surface area contributed by atoms with E-state index in [2.05, 4.69) is 41.1 Å². The molecular formula is C30H31FN4O3S. The molecule has 9 heteroatoms. The van der Waals surface area contributed by atoms with E-state index >= 15 is 0 Å². The fourth-order valence-corrected chi connectivity index (χ4v) is 5.94. The molecule has 202 valence electrons. The lowest BCUT2D eigenvalue weighted by Crippen LogP contribution is -2.39. The van der Waals surface area contributed by atoms with Gasteiger partial charge in [-0.1, -0.05) is 35.9 Å². The number of hydrogen-bond acceptors (Lipinski definition) is 4. The largest absolute Gasteiger partial charge is 0.317 e. The zero-order chi connectivity index (χ0) is 28.3. The fourth-order valence-electron chi connectivity index (χ4n) is 4.52. The van der Waals surface area contributed by atoms with Crippen molar-refractivity contribution in [2.75, 3.05) is 10.8 Å². The number of carbonyl (C=O) groups excluding carboxylic acids is 1. The highest BCUT2D eigenvalue weighted by Crippen LogP contribution is 2.26. The lowest BCUT2D eigenvalue weighted by Gasteiger charge is -2.23. The van der Waals surface area contributed by atoms with Gasteiger partial charge >= 0.3 is 0 Å². The summed E-state index contributed by atoms with van der Waals surface area (Å²) < 4.78 is 43.4. The van der Waals surface area contributed by atoms with Gasteiger partial charge in [0.25, 0.3) is 15.9 Å². The summed E-state index contributed by atoms with van der Waals surface area (Å²) in [5.74, 6) is -1.18. The molecule has 1 amide bonds. The van der Waals surface area contributed by atoms with Gasteiger partial charge in [-0.25, -0.2) is 18.2 Å². The number of rotatable bonds is 8. The average molecular weight is 547 g/mol.